The van der Waals surface area contributed by atoms with E-state index in [1.165, 1.54) is 0 Å². The van der Waals surface area contributed by atoms with E-state index in [1.54, 1.807) is 0 Å². The summed E-state index contributed by atoms with van der Waals surface area (Å²) in [6.07, 6.45) is 3.31. The second kappa shape index (κ2) is 12.1. The van der Waals surface area contributed by atoms with Gasteiger partial charge in [0.05, 0.1) is 17.7 Å². The Morgan fingerprint density at radius 2 is 2.03 bits per heavy atom. The van der Waals surface area contributed by atoms with E-state index in [2.05, 4.69) is 34.2 Å². The van der Waals surface area contributed by atoms with Crippen LogP contribution >= 0.6 is 15.9 Å². The summed E-state index contributed by atoms with van der Waals surface area (Å²) in [5, 5.41) is 13.6. The summed E-state index contributed by atoms with van der Waals surface area (Å²) in [4.78, 5) is 12.1. The molecule has 3 rings (SSSR count). The topological polar surface area (TPSA) is 98.7 Å². The lowest BCUT2D eigenvalue weighted by Gasteiger charge is -2.17. The quantitative estimate of drug-likeness (QED) is 0.299. The molecule has 0 unspecified atom stereocenters. The van der Waals surface area contributed by atoms with Crippen molar-refractivity contribution in [3.8, 4) is 11.5 Å². The number of primary amides is 1. The molecule has 0 saturated carbocycles. The van der Waals surface area contributed by atoms with Gasteiger partial charge in [0.2, 0.25) is 0 Å². The smallest absolute Gasteiger partial charge is 0.250 e. The van der Waals surface area contributed by atoms with Crippen molar-refractivity contribution >= 4 is 32.7 Å². The van der Waals surface area contributed by atoms with Crippen molar-refractivity contribution in [3.63, 3.8) is 0 Å². The van der Waals surface area contributed by atoms with Crippen molar-refractivity contribution in [2.75, 3.05) is 26.4 Å². The largest absolute Gasteiger partial charge is 0.490 e. The van der Waals surface area contributed by atoms with Gasteiger partial charge in [-0.05, 0) is 68.7 Å². The highest BCUT2D eigenvalue weighted by Gasteiger charge is 2.15. The Kier molecular flexibility index (Phi) is 9.17. The highest BCUT2D eigenvalue weighted by molar-refractivity contribution is 9.10. The summed E-state index contributed by atoms with van der Waals surface area (Å²) >= 11 is 3.45. The number of halogens is 1. The highest BCUT2D eigenvalue weighted by Crippen LogP contribution is 2.30. The predicted molar refractivity (Wildman–Crippen MR) is 134 cm³/mol. The van der Waals surface area contributed by atoms with Crippen LogP contribution in [-0.2, 0) is 13.0 Å². The van der Waals surface area contributed by atoms with E-state index in [0.717, 1.165) is 38.9 Å². The van der Waals surface area contributed by atoms with E-state index in [0.29, 0.717) is 38.3 Å². The molecule has 0 saturated heterocycles. The lowest BCUT2D eigenvalue weighted by molar-refractivity contribution is 0.100. The van der Waals surface area contributed by atoms with Gasteiger partial charge in [0, 0.05) is 41.8 Å². The van der Waals surface area contributed by atoms with Gasteiger partial charge in [-0.2, -0.15) is 0 Å². The van der Waals surface area contributed by atoms with Gasteiger partial charge >= 0.3 is 0 Å². The first-order valence-electron chi connectivity index (χ1n) is 11.2. The van der Waals surface area contributed by atoms with E-state index in [-0.39, 0.29) is 12.6 Å². The van der Waals surface area contributed by atoms with E-state index in [4.69, 9.17) is 20.3 Å². The van der Waals surface area contributed by atoms with E-state index in [9.17, 15) is 4.79 Å². The fourth-order valence-corrected chi connectivity index (χ4v) is 4.25. The molecule has 1 heterocycles. The van der Waals surface area contributed by atoms with Gasteiger partial charge in [-0.1, -0.05) is 15.9 Å². The normalized spacial score (nSPS) is 12.1. The number of nitrogens with zero attached hydrogens (tertiary/aromatic N) is 1. The number of amides is 1. The molecular formula is C25H32BrN3O4. The van der Waals surface area contributed by atoms with Crippen LogP contribution in [0.25, 0.3) is 10.9 Å². The Bertz CT molecular complexity index is 1080. The van der Waals surface area contributed by atoms with Gasteiger partial charge in [-0.3, -0.25) is 4.79 Å². The zero-order valence-corrected chi connectivity index (χ0v) is 20.7. The van der Waals surface area contributed by atoms with Crippen LogP contribution < -0.4 is 20.5 Å². The predicted octanol–water partition coefficient (Wildman–Crippen LogP) is 3.88. The fourth-order valence-electron chi connectivity index (χ4n) is 3.91. The average Bonchev–Trinajstić information content (AvgIpc) is 3.18. The Morgan fingerprint density at radius 1 is 1.21 bits per heavy atom. The van der Waals surface area contributed by atoms with Gasteiger partial charge in [-0.25, -0.2) is 0 Å². The van der Waals surface area contributed by atoms with Crippen LogP contribution in [0.1, 0.15) is 36.2 Å². The number of hydrogen-bond donors (Lipinski definition) is 3. The number of carbonyl (C=O) groups is 1. The zero-order valence-electron chi connectivity index (χ0n) is 19.1. The van der Waals surface area contributed by atoms with E-state index >= 15 is 0 Å². The van der Waals surface area contributed by atoms with Crippen LogP contribution in [0.4, 0.5) is 0 Å². The molecule has 0 aliphatic heterocycles. The van der Waals surface area contributed by atoms with Crippen LogP contribution in [0.5, 0.6) is 11.5 Å². The Morgan fingerprint density at radius 3 is 2.76 bits per heavy atom. The molecule has 33 heavy (non-hydrogen) atoms. The van der Waals surface area contributed by atoms with Crippen molar-refractivity contribution in [3.05, 3.63) is 58.2 Å². The zero-order chi connectivity index (χ0) is 23.8. The van der Waals surface area contributed by atoms with Gasteiger partial charge in [-0.15, -0.1) is 0 Å². The maximum atomic E-state index is 12.1. The minimum atomic E-state index is -0.445. The summed E-state index contributed by atoms with van der Waals surface area (Å²) in [7, 11) is 0. The number of aliphatic hydroxyl groups is 1. The number of carbonyl (C=O) groups excluding carboxylic acids is 1. The standard InChI is InChI=1S/C25H32BrN3O4/c1-3-32-23-16-20(26)5-6-22(23)33-12-8-28-17(2)13-18-14-19-7-10-29(9-4-11-30)24(19)21(15-18)25(27)31/h5-7,10,14-17,28,30H,3-4,8-9,11-13H2,1-2H3,(H2,27,31)/t17-/m1/s1. The van der Waals surface area contributed by atoms with Crippen molar-refractivity contribution in [1.82, 2.24) is 9.88 Å². The number of benzene rings is 2. The fraction of sp³-hybridized carbons (Fsp3) is 0.400. The number of rotatable bonds is 13. The van der Waals surface area contributed by atoms with Crippen LogP contribution in [0.2, 0.25) is 0 Å². The average molecular weight is 518 g/mol. The molecule has 2 aromatic carbocycles. The van der Waals surface area contributed by atoms with E-state index in [1.807, 2.05) is 48.0 Å². The minimum Gasteiger partial charge on any atom is -0.490 e. The molecule has 4 N–H and O–H groups in total. The second-order valence-corrected chi connectivity index (χ2v) is 8.88. The van der Waals surface area contributed by atoms with Gasteiger partial charge in [0.1, 0.15) is 6.61 Å². The third kappa shape index (κ3) is 6.72. The van der Waals surface area contributed by atoms with Crippen molar-refractivity contribution in [1.29, 1.82) is 0 Å². The van der Waals surface area contributed by atoms with E-state index < -0.39 is 5.91 Å². The number of hydrogen-bond acceptors (Lipinski definition) is 5. The minimum absolute atomic E-state index is 0.102. The van der Waals surface area contributed by atoms with Gasteiger partial charge < -0.3 is 30.2 Å². The molecule has 0 aliphatic carbocycles. The number of nitrogens with two attached hydrogens (primary N) is 1. The lowest BCUT2D eigenvalue weighted by atomic mass is 10.0. The summed E-state index contributed by atoms with van der Waals surface area (Å²) in [5.41, 5.74) is 8.07. The number of aromatic nitrogens is 1. The maximum absolute atomic E-state index is 12.1. The number of fused-ring (bicyclic) bond motifs is 1. The molecule has 1 aromatic heterocycles. The molecule has 0 fully saturated rings. The van der Waals surface area contributed by atoms with Crippen molar-refractivity contribution in [2.45, 2.75) is 39.3 Å². The molecule has 178 valence electrons. The SMILES string of the molecule is CCOc1cc(Br)ccc1OCCN[C@H](C)Cc1cc(C(N)=O)c2c(ccn2CCCO)c1. The molecular weight excluding hydrogens is 486 g/mol. The molecule has 0 radical (unpaired) electrons. The van der Waals surface area contributed by atoms with Gasteiger partial charge in [0.15, 0.2) is 11.5 Å². The summed E-state index contributed by atoms with van der Waals surface area (Å²) in [6.45, 7) is 6.54. The van der Waals surface area contributed by atoms with Crippen LogP contribution in [0.15, 0.2) is 47.1 Å². The Labute approximate surface area is 203 Å². The first-order chi connectivity index (χ1) is 15.9. The van der Waals surface area contributed by atoms with Crippen LogP contribution in [-0.4, -0.2) is 48.0 Å². The molecule has 3 aromatic rings. The summed E-state index contributed by atoms with van der Waals surface area (Å²) in [6, 6.07) is 11.9. The third-order valence-electron chi connectivity index (χ3n) is 5.34. The molecule has 8 heteroatoms. The molecule has 0 spiro atoms. The summed E-state index contributed by atoms with van der Waals surface area (Å²) in [5.74, 6) is 0.995. The molecule has 0 bridgehead atoms. The number of aliphatic hydroxyl groups excluding tert-OH is 1. The second-order valence-electron chi connectivity index (χ2n) is 7.96. The first kappa shape index (κ1) is 25.1. The van der Waals surface area contributed by atoms with Crippen molar-refractivity contribution < 1.29 is 19.4 Å². The third-order valence-corrected chi connectivity index (χ3v) is 5.84. The number of ether oxygens (including phenoxy) is 2. The van der Waals surface area contributed by atoms with Crippen LogP contribution in [0, 0.1) is 0 Å². The molecule has 0 aliphatic rings. The summed E-state index contributed by atoms with van der Waals surface area (Å²) < 4.78 is 14.5. The lowest BCUT2D eigenvalue weighted by Crippen LogP contribution is -2.32. The Balaban J connectivity index is 1.60. The first-order valence-corrected chi connectivity index (χ1v) is 12.0. The molecule has 7 nitrogen and oxygen atoms in total. The monoisotopic (exact) mass is 517 g/mol. The number of aryl methyl sites for hydroxylation is 1. The number of nitrogens with one attached hydrogen (secondary N) is 1. The van der Waals surface area contributed by atoms with Crippen molar-refractivity contribution in [2.24, 2.45) is 5.73 Å². The maximum Gasteiger partial charge on any atom is 0.250 e. The Hall–Kier alpha value is -2.55. The highest BCUT2D eigenvalue weighted by atomic mass is 79.9. The molecule has 1 amide bonds. The van der Waals surface area contributed by atoms with Crippen LogP contribution in [0.3, 0.4) is 0 Å². The molecule has 1 atom stereocenters. The van der Waals surface area contributed by atoms with Gasteiger partial charge in [0.25, 0.3) is 5.91 Å².